The smallest absolute Gasteiger partial charge is 0.294 e. The average molecular weight is 363 g/mol. The van der Waals surface area contributed by atoms with Gasteiger partial charge in [0.25, 0.3) is 5.91 Å². The molecule has 6 heteroatoms. The van der Waals surface area contributed by atoms with Crippen LogP contribution in [0, 0.1) is 0 Å². The van der Waals surface area contributed by atoms with Crippen molar-refractivity contribution in [1.29, 1.82) is 0 Å². The molecule has 2 aromatic rings. The van der Waals surface area contributed by atoms with E-state index in [0.29, 0.717) is 17.6 Å². The van der Waals surface area contributed by atoms with Gasteiger partial charge in [0.2, 0.25) is 5.91 Å². The number of amides is 2. The first-order chi connectivity index (χ1) is 10.6. The van der Waals surface area contributed by atoms with E-state index in [1.807, 2.05) is 31.2 Å². The van der Waals surface area contributed by atoms with Crippen LogP contribution in [-0.2, 0) is 11.2 Å². The van der Waals surface area contributed by atoms with Gasteiger partial charge in [-0.15, -0.1) is 0 Å². The molecule has 1 aromatic carbocycles. The molecule has 0 aliphatic carbocycles. The fraction of sp³-hybridized carbons (Fsp3) is 0.250. The Morgan fingerprint density at radius 1 is 1.32 bits per heavy atom. The molecular formula is C16H15BrN2O3. The summed E-state index contributed by atoms with van der Waals surface area (Å²) in [6.45, 7) is 2.38. The van der Waals surface area contributed by atoms with Crippen LogP contribution < -0.4 is 10.2 Å². The van der Waals surface area contributed by atoms with Crippen molar-refractivity contribution in [2.75, 3.05) is 11.4 Å². The Kier molecular flexibility index (Phi) is 4.02. The molecule has 22 heavy (non-hydrogen) atoms. The molecule has 2 heterocycles. The Morgan fingerprint density at radius 2 is 2.09 bits per heavy atom. The highest BCUT2D eigenvalue weighted by Gasteiger charge is 2.39. The fourth-order valence-electron chi connectivity index (χ4n) is 2.69. The summed E-state index contributed by atoms with van der Waals surface area (Å²) in [5.74, 6) is -0.262. The van der Waals surface area contributed by atoms with Crippen molar-refractivity contribution in [3.8, 4) is 0 Å². The highest BCUT2D eigenvalue weighted by Crippen LogP contribution is 2.34. The Hall–Kier alpha value is -2.08. The highest BCUT2D eigenvalue weighted by molar-refractivity contribution is 9.10. The van der Waals surface area contributed by atoms with E-state index in [2.05, 4.69) is 21.2 Å². The minimum absolute atomic E-state index is 0.155. The summed E-state index contributed by atoms with van der Waals surface area (Å²) < 4.78 is 5.84. The highest BCUT2D eigenvalue weighted by atomic mass is 79.9. The summed E-state index contributed by atoms with van der Waals surface area (Å²) in [5.41, 5.74) is 1.74. The zero-order valence-electron chi connectivity index (χ0n) is 12.0. The van der Waals surface area contributed by atoms with E-state index in [-0.39, 0.29) is 17.6 Å². The van der Waals surface area contributed by atoms with E-state index in [0.717, 1.165) is 11.3 Å². The van der Waals surface area contributed by atoms with Crippen LogP contribution >= 0.6 is 15.9 Å². The summed E-state index contributed by atoms with van der Waals surface area (Å²) >= 11 is 3.19. The van der Waals surface area contributed by atoms with Gasteiger partial charge in [0.15, 0.2) is 10.4 Å². The number of furan rings is 1. The predicted octanol–water partition coefficient (Wildman–Crippen LogP) is 2.75. The van der Waals surface area contributed by atoms with Gasteiger partial charge < -0.3 is 9.73 Å². The van der Waals surface area contributed by atoms with Crippen molar-refractivity contribution >= 4 is 33.4 Å². The number of halogens is 1. The van der Waals surface area contributed by atoms with E-state index in [4.69, 9.17) is 4.42 Å². The lowest BCUT2D eigenvalue weighted by molar-refractivity contribution is -0.122. The van der Waals surface area contributed by atoms with Gasteiger partial charge in [-0.05, 0) is 46.6 Å². The minimum Gasteiger partial charge on any atom is -0.444 e. The maximum Gasteiger partial charge on any atom is 0.294 e. The molecule has 1 aliphatic rings. The second-order valence-corrected chi connectivity index (χ2v) is 5.80. The van der Waals surface area contributed by atoms with E-state index < -0.39 is 6.04 Å². The number of fused-ring (bicyclic) bond motifs is 1. The van der Waals surface area contributed by atoms with Crippen LogP contribution in [-0.4, -0.2) is 24.4 Å². The second-order valence-electron chi connectivity index (χ2n) is 5.02. The number of para-hydroxylation sites is 1. The van der Waals surface area contributed by atoms with E-state index >= 15 is 0 Å². The standard InChI is InChI=1S/C16H15BrN2O3/c1-2-18-15(20)12-9-10-5-3-4-6-11(10)19(12)16(21)13-7-8-14(17)22-13/h3-8,12H,2,9H2,1H3,(H,18,20)/t12-/m0/s1. The molecule has 3 rings (SSSR count). The average Bonchev–Trinajstić information content (AvgIpc) is 3.10. The number of rotatable bonds is 3. The molecule has 0 saturated carbocycles. The molecule has 5 nitrogen and oxygen atoms in total. The van der Waals surface area contributed by atoms with Crippen LogP contribution in [0.2, 0.25) is 0 Å². The third-order valence-electron chi connectivity index (χ3n) is 3.63. The second kappa shape index (κ2) is 5.96. The Morgan fingerprint density at radius 3 is 2.77 bits per heavy atom. The van der Waals surface area contributed by atoms with Gasteiger partial charge in [-0.1, -0.05) is 18.2 Å². The molecule has 0 unspecified atom stereocenters. The topological polar surface area (TPSA) is 62.6 Å². The van der Waals surface area contributed by atoms with Gasteiger partial charge in [0.1, 0.15) is 6.04 Å². The van der Waals surface area contributed by atoms with E-state index in [1.54, 1.807) is 12.1 Å². The number of benzene rings is 1. The minimum atomic E-state index is -0.547. The third-order valence-corrected chi connectivity index (χ3v) is 4.06. The van der Waals surface area contributed by atoms with Crippen molar-refractivity contribution in [1.82, 2.24) is 5.32 Å². The Labute approximate surface area is 136 Å². The van der Waals surface area contributed by atoms with E-state index in [1.165, 1.54) is 4.90 Å². The Bertz CT molecular complexity index is 726. The maximum atomic E-state index is 12.8. The number of anilines is 1. The largest absolute Gasteiger partial charge is 0.444 e. The van der Waals surface area contributed by atoms with Crippen molar-refractivity contribution in [3.63, 3.8) is 0 Å². The van der Waals surface area contributed by atoms with Gasteiger partial charge in [-0.25, -0.2) is 0 Å². The normalized spacial score (nSPS) is 16.5. The van der Waals surface area contributed by atoms with Crippen LogP contribution in [0.3, 0.4) is 0 Å². The lowest BCUT2D eigenvalue weighted by atomic mass is 10.1. The lowest BCUT2D eigenvalue weighted by Crippen LogP contribution is -2.48. The summed E-state index contributed by atoms with van der Waals surface area (Å²) in [6, 6.07) is 10.3. The van der Waals surface area contributed by atoms with Crippen LogP contribution in [0.25, 0.3) is 0 Å². The molecule has 0 radical (unpaired) electrons. The summed E-state index contributed by atoms with van der Waals surface area (Å²) in [7, 11) is 0. The molecule has 2 amide bonds. The van der Waals surface area contributed by atoms with Crippen LogP contribution in [0.4, 0.5) is 5.69 Å². The molecule has 0 saturated heterocycles. The number of nitrogens with one attached hydrogen (secondary N) is 1. The summed E-state index contributed by atoms with van der Waals surface area (Å²) in [4.78, 5) is 26.6. The van der Waals surface area contributed by atoms with Gasteiger partial charge in [-0.2, -0.15) is 0 Å². The van der Waals surface area contributed by atoms with E-state index in [9.17, 15) is 9.59 Å². The quantitative estimate of drug-likeness (QED) is 0.912. The number of likely N-dealkylation sites (N-methyl/N-ethyl adjacent to an activating group) is 1. The fourth-order valence-corrected chi connectivity index (χ4v) is 2.99. The lowest BCUT2D eigenvalue weighted by Gasteiger charge is -2.23. The maximum absolute atomic E-state index is 12.8. The predicted molar refractivity (Wildman–Crippen MR) is 85.8 cm³/mol. The first-order valence-corrected chi connectivity index (χ1v) is 7.85. The number of nitrogens with zero attached hydrogens (tertiary/aromatic N) is 1. The molecular weight excluding hydrogens is 348 g/mol. The van der Waals surface area contributed by atoms with Crippen molar-refractivity contribution in [3.05, 3.63) is 52.4 Å². The molecule has 1 aliphatic heterocycles. The molecule has 1 aromatic heterocycles. The summed E-state index contributed by atoms with van der Waals surface area (Å²) in [5, 5.41) is 2.79. The van der Waals surface area contributed by atoms with Crippen LogP contribution in [0.1, 0.15) is 23.0 Å². The molecule has 114 valence electrons. The van der Waals surface area contributed by atoms with Gasteiger partial charge >= 0.3 is 0 Å². The molecule has 0 spiro atoms. The molecule has 0 fully saturated rings. The SMILES string of the molecule is CCNC(=O)[C@@H]1Cc2ccccc2N1C(=O)c1ccc(Br)o1. The monoisotopic (exact) mass is 362 g/mol. The Balaban J connectivity index is 1.99. The van der Waals surface area contributed by atoms with Crippen molar-refractivity contribution < 1.29 is 14.0 Å². The van der Waals surface area contributed by atoms with Gasteiger partial charge in [0, 0.05) is 18.7 Å². The van der Waals surface area contributed by atoms with Crippen molar-refractivity contribution in [2.45, 2.75) is 19.4 Å². The molecule has 1 atom stereocenters. The van der Waals surface area contributed by atoms with Crippen LogP contribution in [0.5, 0.6) is 0 Å². The zero-order valence-corrected chi connectivity index (χ0v) is 13.6. The number of hydrogen-bond acceptors (Lipinski definition) is 3. The number of carbonyl (C=O) groups is 2. The first kappa shape index (κ1) is 14.8. The van der Waals surface area contributed by atoms with Crippen molar-refractivity contribution in [2.24, 2.45) is 0 Å². The van der Waals surface area contributed by atoms with Crippen LogP contribution in [0.15, 0.2) is 45.5 Å². The van der Waals surface area contributed by atoms with Gasteiger partial charge in [-0.3, -0.25) is 14.5 Å². The third kappa shape index (κ3) is 2.54. The summed E-state index contributed by atoms with van der Waals surface area (Å²) in [6.07, 6.45) is 0.510. The number of hydrogen-bond donors (Lipinski definition) is 1. The molecule has 1 N–H and O–H groups in total. The van der Waals surface area contributed by atoms with Gasteiger partial charge in [0.05, 0.1) is 0 Å². The first-order valence-electron chi connectivity index (χ1n) is 7.06. The zero-order chi connectivity index (χ0) is 15.7. The molecule has 0 bridgehead atoms. The number of carbonyl (C=O) groups excluding carboxylic acids is 2.